The van der Waals surface area contributed by atoms with Crippen molar-refractivity contribution in [2.24, 2.45) is 0 Å². The molecule has 0 saturated heterocycles. The van der Waals surface area contributed by atoms with Gasteiger partial charge in [0.05, 0.1) is 0 Å². The molecule has 1 aromatic carbocycles. The van der Waals surface area contributed by atoms with Crippen molar-refractivity contribution in [3.8, 4) is 0 Å². The molecule has 0 aliphatic heterocycles. The number of nitrogens with zero attached hydrogens (tertiary/aromatic N) is 1. The van der Waals surface area contributed by atoms with Crippen molar-refractivity contribution in [1.29, 1.82) is 0 Å². The van der Waals surface area contributed by atoms with Crippen LogP contribution in [0.2, 0.25) is 0 Å². The van der Waals surface area contributed by atoms with Crippen LogP contribution in [-0.4, -0.2) is 18.1 Å². The average molecular weight is 246 g/mol. The first kappa shape index (κ1) is 13.1. The quantitative estimate of drug-likeness (QED) is 0.759. The van der Waals surface area contributed by atoms with Gasteiger partial charge >= 0.3 is 0 Å². The topological polar surface area (TPSA) is 38.1 Å². The SMILES string of the molecule is CCCCCC(Cc1nc2ccccc2o1)NC. The van der Waals surface area contributed by atoms with E-state index in [4.69, 9.17) is 4.42 Å². The van der Waals surface area contributed by atoms with E-state index < -0.39 is 0 Å². The Labute approximate surface area is 109 Å². The second kappa shape index (κ2) is 6.55. The lowest BCUT2D eigenvalue weighted by atomic mass is 10.1. The van der Waals surface area contributed by atoms with Crippen LogP contribution < -0.4 is 5.32 Å². The molecule has 0 radical (unpaired) electrons. The minimum atomic E-state index is 0.463. The van der Waals surface area contributed by atoms with Crippen molar-refractivity contribution in [2.45, 2.75) is 45.1 Å². The number of para-hydroxylation sites is 2. The summed E-state index contributed by atoms with van der Waals surface area (Å²) in [6, 6.07) is 8.40. The molecule has 2 rings (SSSR count). The maximum absolute atomic E-state index is 5.76. The number of aromatic nitrogens is 1. The summed E-state index contributed by atoms with van der Waals surface area (Å²) < 4.78 is 5.76. The van der Waals surface area contributed by atoms with E-state index in [1.165, 1.54) is 25.7 Å². The fourth-order valence-corrected chi connectivity index (χ4v) is 2.21. The average Bonchev–Trinajstić information content (AvgIpc) is 2.80. The van der Waals surface area contributed by atoms with Crippen LogP contribution in [-0.2, 0) is 6.42 Å². The number of nitrogens with one attached hydrogen (secondary N) is 1. The first-order chi connectivity index (χ1) is 8.83. The van der Waals surface area contributed by atoms with E-state index in [9.17, 15) is 0 Å². The number of hydrogen-bond acceptors (Lipinski definition) is 3. The minimum Gasteiger partial charge on any atom is -0.441 e. The van der Waals surface area contributed by atoms with Gasteiger partial charge in [0.1, 0.15) is 5.52 Å². The number of benzene rings is 1. The van der Waals surface area contributed by atoms with Crippen LogP contribution in [0.15, 0.2) is 28.7 Å². The number of fused-ring (bicyclic) bond motifs is 1. The van der Waals surface area contributed by atoms with Crippen LogP contribution in [0.25, 0.3) is 11.1 Å². The summed E-state index contributed by atoms with van der Waals surface area (Å²) in [5.41, 5.74) is 1.84. The highest BCUT2D eigenvalue weighted by Crippen LogP contribution is 2.17. The summed E-state index contributed by atoms with van der Waals surface area (Å²) in [5, 5.41) is 3.35. The normalized spacial score (nSPS) is 13.0. The molecule has 0 saturated carbocycles. The molecule has 0 amide bonds. The largest absolute Gasteiger partial charge is 0.441 e. The van der Waals surface area contributed by atoms with E-state index in [1.54, 1.807) is 0 Å². The van der Waals surface area contributed by atoms with Crippen molar-refractivity contribution in [3.63, 3.8) is 0 Å². The standard InChI is InChI=1S/C15H22N2O/c1-3-4-5-8-12(16-2)11-15-17-13-9-6-7-10-14(13)18-15/h6-7,9-10,12,16H,3-5,8,11H2,1-2H3. The molecule has 1 N–H and O–H groups in total. The van der Waals surface area contributed by atoms with E-state index in [1.807, 2.05) is 31.3 Å². The van der Waals surface area contributed by atoms with Gasteiger partial charge in [-0.25, -0.2) is 4.98 Å². The highest BCUT2D eigenvalue weighted by Gasteiger charge is 2.12. The molecule has 0 aliphatic carbocycles. The van der Waals surface area contributed by atoms with Crippen LogP contribution in [0, 0.1) is 0 Å². The zero-order valence-corrected chi connectivity index (χ0v) is 11.3. The minimum absolute atomic E-state index is 0.463. The summed E-state index contributed by atoms with van der Waals surface area (Å²) >= 11 is 0. The predicted octanol–water partition coefficient (Wildman–Crippen LogP) is 3.54. The third-order valence-corrected chi connectivity index (χ3v) is 3.32. The molecule has 1 heterocycles. The molecule has 0 aliphatic rings. The second-order valence-electron chi connectivity index (χ2n) is 4.76. The molecule has 98 valence electrons. The Morgan fingerprint density at radius 1 is 1.28 bits per heavy atom. The lowest BCUT2D eigenvalue weighted by molar-refractivity contribution is 0.434. The van der Waals surface area contributed by atoms with Gasteiger partial charge in [0.25, 0.3) is 0 Å². The summed E-state index contributed by atoms with van der Waals surface area (Å²) in [6.45, 7) is 2.23. The number of rotatable bonds is 7. The van der Waals surface area contributed by atoms with Crippen LogP contribution >= 0.6 is 0 Å². The molecular weight excluding hydrogens is 224 g/mol. The van der Waals surface area contributed by atoms with Crippen molar-refractivity contribution in [1.82, 2.24) is 10.3 Å². The Morgan fingerprint density at radius 2 is 2.11 bits per heavy atom. The molecule has 1 aromatic heterocycles. The molecule has 3 nitrogen and oxygen atoms in total. The monoisotopic (exact) mass is 246 g/mol. The van der Waals surface area contributed by atoms with Gasteiger partial charge in [0.15, 0.2) is 11.5 Å². The first-order valence-electron chi connectivity index (χ1n) is 6.85. The van der Waals surface area contributed by atoms with E-state index in [2.05, 4.69) is 17.2 Å². The van der Waals surface area contributed by atoms with Crippen LogP contribution in [0.4, 0.5) is 0 Å². The van der Waals surface area contributed by atoms with Gasteiger partial charge in [-0.3, -0.25) is 0 Å². The first-order valence-corrected chi connectivity index (χ1v) is 6.85. The van der Waals surface area contributed by atoms with Crippen molar-refractivity contribution in [2.75, 3.05) is 7.05 Å². The highest BCUT2D eigenvalue weighted by molar-refractivity contribution is 5.72. The van der Waals surface area contributed by atoms with Crippen LogP contribution in [0.3, 0.4) is 0 Å². The number of hydrogen-bond donors (Lipinski definition) is 1. The Hall–Kier alpha value is -1.35. The Balaban J connectivity index is 1.97. The van der Waals surface area contributed by atoms with E-state index in [0.29, 0.717) is 6.04 Å². The summed E-state index contributed by atoms with van der Waals surface area (Å²) in [5.74, 6) is 0.840. The highest BCUT2D eigenvalue weighted by atomic mass is 16.3. The molecule has 3 heteroatoms. The Morgan fingerprint density at radius 3 is 2.83 bits per heavy atom. The molecule has 0 bridgehead atoms. The van der Waals surface area contributed by atoms with E-state index in [-0.39, 0.29) is 0 Å². The van der Waals surface area contributed by atoms with E-state index >= 15 is 0 Å². The molecule has 18 heavy (non-hydrogen) atoms. The van der Waals surface area contributed by atoms with Gasteiger partial charge in [-0.05, 0) is 25.6 Å². The third-order valence-electron chi connectivity index (χ3n) is 3.32. The van der Waals surface area contributed by atoms with Crippen LogP contribution in [0.5, 0.6) is 0 Å². The molecular formula is C15H22N2O. The summed E-state index contributed by atoms with van der Waals surface area (Å²) in [6.07, 6.45) is 5.88. The van der Waals surface area contributed by atoms with Crippen LogP contribution in [0.1, 0.15) is 38.5 Å². The summed E-state index contributed by atoms with van der Waals surface area (Å²) in [4.78, 5) is 4.52. The fraction of sp³-hybridized carbons (Fsp3) is 0.533. The van der Waals surface area contributed by atoms with Crippen molar-refractivity contribution < 1.29 is 4.42 Å². The van der Waals surface area contributed by atoms with Gasteiger partial charge < -0.3 is 9.73 Å². The smallest absolute Gasteiger partial charge is 0.197 e. The van der Waals surface area contributed by atoms with Gasteiger partial charge in [-0.15, -0.1) is 0 Å². The van der Waals surface area contributed by atoms with Gasteiger partial charge in [0.2, 0.25) is 0 Å². The Kier molecular flexibility index (Phi) is 4.76. The number of oxazole rings is 1. The zero-order valence-electron chi connectivity index (χ0n) is 11.3. The molecule has 1 unspecified atom stereocenters. The number of unbranched alkanes of at least 4 members (excludes halogenated alkanes) is 2. The summed E-state index contributed by atoms with van der Waals surface area (Å²) in [7, 11) is 2.01. The molecule has 2 aromatic rings. The van der Waals surface area contributed by atoms with Crippen molar-refractivity contribution in [3.05, 3.63) is 30.2 Å². The van der Waals surface area contributed by atoms with Gasteiger partial charge in [0, 0.05) is 12.5 Å². The molecule has 0 fully saturated rings. The lowest BCUT2D eigenvalue weighted by Gasteiger charge is -2.13. The van der Waals surface area contributed by atoms with Gasteiger partial charge in [-0.1, -0.05) is 38.3 Å². The van der Waals surface area contributed by atoms with E-state index in [0.717, 1.165) is 23.4 Å². The zero-order chi connectivity index (χ0) is 12.8. The lowest BCUT2D eigenvalue weighted by Crippen LogP contribution is -2.27. The molecule has 0 spiro atoms. The predicted molar refractivity (Wildman–Crippen MR) is 74.7 cm³/mol. The Bertz CT molecular complexity index is 445. The van der Waals surface area contributed by atoms with Gasteiger partial charge in [-0.2, -0.15) is 0 Å². The van der Waals surface area contributed by atoms with Crippen molar-refractivity contribution >= 4 is 11.1 Å². The number of likely N-dealkylation sites (N-methyl/N-ethyl adjacent to an activating group) is 1. The maximum Gasteiger partial charge on any atom is 0.197 e. The molecule has 1 atom stereocenters. The fourth-order valence-electron chi connectivity index (χ4n) is 2.21. The second-order valence-corrected chi connectivity index (χ2v) is 4.76. The third kappa shape index (κ3) is 3.33. The maximum atomic E-state index is 5.76.